The Morgan fingerprint density at radius 2 is 2.21 bits per heavy atom. The Kier molecular flexibility index (Phi) is 3.96. The molecule has 0 amide bonds. The minimum absolute atomic E-state index is 0.448. The average molecular weight is 278 g/mol. The molecule has 0 radical (unpaired) electrons. The Balaban J connectivity index is 3.01. The predicted molar refractivity (Wildman–Crippen MR) is 59.5 cm³/mol. The molecule has 0 heterocycles. The number of methoxy groups -OCH3 is 1. The first kappa shape index (κ1) is 11.5. The summed E-state index contributed by atoms with van der Waals surface area (Å²) in [5.74, 6) is -0.448. The lowest BCUT2D eigenvalue weighted by Crippen LogP contribution is -2.09. The molecule has 1 aromatic carbocycles. The van der Waals surface area contributed by atoms with E-state index in [1.165, 1.54) is 7.11 Å². The van der Waals surface area contributed by atoms with Crippen LogP contribution in [0.3, 0.4) is 0 Å². The topological polar surface area (TPSA) is 26.3 Å². The van der Waals surface area contributed by atoms with Gasteiger partial charge in [-0.1, -0.05) is 28.1 Å². The number of hydrogen-bond acceptors (Lipinski definition) is 2. The van der Waals surface area contributed by atoms with E-state index in [9.17, 15) is 4.79 Å². The highest BCUT2D eigenvalue weighted by Crippen LogP contribution is 2.29. The Morgan fingerprint density at radius 3 is 2.71 bits per heavy atom. The van der Waals surface area contributed by atoms with Gasteiger partial charge in [0.2, 0.25) is 0 Å². The summed E-state index contributed by atoms with van der Waals surface area (Å²) in [7, 11) is 1.32. The number of aryl methyl sites for hydroxylation is 1. The lowest BCUT2D eigenvalue weighted by atomic mass is 10.1. The van der Waals surface area contributed by atoms with Gasteiger partial charge in [0.05, 0.1) is 7.11 Å². The van der Waals surface area contributed by atoms with Crippen LogP contribution in [0.25, 0.3) is 0 Å². The molecule has 0 bridgehead atoms. The number of halogens is 2. The molecule has 2 nitrogen and oxygen atoms in total. The lowest BCUT2D eigenvalue weighted by Gasteiger charge is -2.09. The molecule has 0 N–H and O–H groups in total. The Bertz CT molecular complexity index is 352. The molecular formula is C10H10BrClO2. The molecule has 0 aliphatic rings. The van der Waals surface area contributed by atoms with Gasteiger partial charge in [0, 0.05) is 4.47 Å². The second kappa shape index (κ2) is 4.80. The van der Waals surface area contributed by atoms with E-state index in [-0.39, 0.29) is 0 Å². The summed E-state index contributed by atoms with van der Waals surface area (Å²) in [4.78, 5) is 11.2. The van der Waals surface area contributed by atoms with Gasteiger partial charge in [-0.2, -0.15) is 0 Å². The summed E-state index contributed by atoms with van der Waals surface area (Å²) in [5.41, 5.74) is 1.83. The van der Waals surface area contributed by atoms with Gasteiger partial charge >= 0.3 is 5.97 Å². The van der Waals surface area contributed by atoms with E-state index < -0.39 is 11.3 Å². The zero-order chi connectivity index (χ0) is 10.7. The fourth-order valence-electron chi connectivity index (χ4n) is 1.07. The quantitative estimate of drug-likeness (QED) is 0.613. The third-order valence-corrected chi connectivity index (χ3v) is 2.94. The molecule has 0 saturated heterocycles. The van der Waals surface area contributed by atoms with E-state index in [2.05, 4.69) is 20.7 Å². The zero-order valence-electron chi connectivity index (χ0n) is 7.88. The molecule has 1 unspecified atom stereocenters. The maximum absolute atomic E-state index is 11.2. The van der Waals surface area contributed by atoms with Crippen molar-refractivity contribution in [3.8, 4) is 0 Å². The van der Waals surface area contributed by atoms with E-state index in [0.29, 0.717) is 0 Å². The molecule has 76 valence electrons. The van der Waals surface area contributed by atoms with Crippen LogP contribution < -0.4 is 0 Å². The standard InChI is InChI=1S/C10H10BrClO2/c1-6-3-4-7(8(11)5-6)9(12)10(13)14-2/h3-5,9H,1-2H3. The highest BCUT2D eigenvalue weighted by atomic mass is 79.9. The van der Waals surface area contributed by atoms with E-state index >= 15 is 0 Å². The average Bonchev–Trinajstić information content (AvgIpc) is 2.15. The summed E-state index contributed by atoms with van der Waals surface area (Å²) >= 11 is 9.26. The predicted octanol–water partition coefficient (Wildman–Crippen LogP) is 3.21. The summed E-state index contributed by atoms with van der Waals surface area (Å²) < 4.78 is 5.38. The zero-order valence-corrected chi connectivity index (χ0v) is 10.2. The lowest BCUT2D eigenvalue weighted by molar-refractivity contribution is -0.140. The monoisotopic (exact) mass is 276 g/mol. The fourth-order valence-corrected chi connectivity index (χ4v) is 2.20. The van der Waals surface area contributed by atoms with Gasteiger partial charge in [-0.3, -0.25) is 4.79 Å². The van der Waals surface area contributed by atoms with Crippen molar-refractivity contribution in [2.24, 2.45) is 0 Å². The number of alkyl halides is 1. The van der Waals surface area contributed by atoms with Crippen LogP contribution >= 0.6 is 27.5 Å². The van der Waals surface area contributed by atoms with Crippen LogP contribution in [-0.2, 0) is 9.53 Å². The Labute approximate surface area is 96.3 Å². The van der Waals surface area contributed by atoms with Crippen molar-refractivity contribution in [1.82, 2.24) is 0 Å². The van der Waals surface area contributed by atoms with Crippen molar-refractivity contribution in [2.75, 3.05) is 7.11 Å². The Morgan fingerprint density at radius 1 is 1.57 bits per heavy atom. The summed E-state index contributed by atoms with van der Waals surface area (Å²) in [6.45, 7) is 1.97. The van der Waals surface area contributed by atoms with Crippen molar-refractivity contribution in [3.05, 3.63) is 33.8 Å². The fraction of sp³-hybridized carbons (Fsp3) is 0.300. The summed E-state index contributed by atoms with van der Waals surface area (Å²) in [6, 6.07) is 5.63. The van der Waals surface area contributed by atoms with Crippen LogP contribution in [0.4, 0.5) is 0 Å². The number of carbonyl (C=O) groups excluding carboxylic acids is 1. The number of esters is 1. The van der Waals surface area contributed by atoms with E-state index in [0.717, 1.165) is 15.6 Å². The van der Waals surface area contributed by atoms with Gasteiger partial charge < -0.3 is 4.74 Å². The van der Waals surface area contributed by atoms with Crippen LogP contribution in [0.1, 0.15) is 16.5 Å². The van der Waals surface area contributed by atoms with Gasteiger partial charge in [-0.05, 0) is 24.1 Å². The molecule has 1 atom stereocenters. The second-order valence-corrected chi connectivity index (χ2v) is 4.20. The number of rotatable bonds is 2. The SMILES string of the molecule is COC(=O)C(Cl)c1ccc(C)cc1Br. The first-order valence-corrected chi connectivity index (χ1v) is 5.27. The maximum Gasteiger partial charge on any atom is 0.328 e. The first-order chi connectivity index (χ1) is 6.56. The van der Waals surface area contributed by atoms with E-state index in [4.69, 9.17) is 11.6 Å². The Hall–Kier alpha value is -0.540. The molecule has 0 aromatic heterocycles. The summed E-state index contributed by atoms with van der Waals surface area (Å²) in [5, 5.41) is -0.755. The second-order valence-electron chi connectivity index (χ2n) is 2.91. The van der Waals surface area contributed by atoms with Gasteiger partial charge in [-0.15, -0.1) is 11.6 Å². The third-order valence-electron chi connectivity index (χ3n) is 1.84. The molecule has 0 saturated carbocycles. The van der Waals surface area contributed by atoms with Gasteiger partial charge in [-0.25, -0.2) is 0 Å². The van der Waals surface area contributed by atoms with E-state index in [1.54, 1.807) is 0 Å². The molecule has 0 spiro atoms. The molecule has 0 aliphatic heterocycles. The van der Waals surface area contributed by atoms with Crippen molar-refractivity contribution < 1.29 is 9.53 Å². The first-order valence-electron chi connectivity index (χ1n) is 4.04. The van der Waals surface area contributed by atoms with Crippen molar-refractivity contribution in [1.29, 1.82) is 0 Å². The largest absolute Gasteiger partial charge is 0.468 e. The minimum Gasteiger partial charge on any atom is -0.468 e. The number of carbonyl (C=O) groups is 1. The van der Waals surface area contributed by atoms with Crippen LogP contribution in [0, 0.1) is 6.92 Å². The molecule has 0 fully saturated rings. The molecule has 1 aromatic rings. The highest BCUT2D eigenvalue weighted by Gasteiger charge is 2.20. The number of hydrogen-bond donors (Lipinski definition) is 0. The van der Waals surface area contributed by atoms with Crippen LogP contribution in [0.2, 0.25) is 0 Å². The normalized spacial score (nSPS) is 12.3. The molecular weight excluding hydrogens is 267 g/mol. The van der Waals surface area contributed by atoms with Crippen molar-refractivity contribution in [3.63, 3.8) is 0 Å². The summed E-state index contributed by atoms with van der Waals surface area (Å²) in [6.07, 6.45) is 0. The number of ether oxygens (including phenoxy) is 1. The highest BCUT2D eigenvalue weighted by molar-refractivity contribution is 9.10. The van der Waals surface area contributed by atoms with Gasteiger partial charge in [0.25, 0.3) is 0 Å². The van der Waals surface area contributed by atoms with E-state index in [1.807, 2.05) is 25.1 Å². The maximum atomic E-state index is 11.2. The molecule has 4 heteroatoms. The molecule has 14 heavy (non-hydrogen) atoms. The van der Waals surface area contributed by atoms with Gasteiger partial charge in [0.1, 0.15) is 0 Å². The molecule has 0 aliphatic carbocycles. The van der Waals surface area contributed by atoms with Crippen molar-refractivity contribution in [2.45, 2.75) is 12.3 Å². The molecule has 1 rings (SSSR count). The van der Waals surface area contributed by atoms with Crippen LogP contribution in [-0.4, -0.2) is 13.1 Å². The third kappa shape index (κ3) is 2.49. The van der Waals surface area contributed by atoms with Crippen LogP contribution in [0.15, 0.2) is 22.7 Å². The van der Waals surface area contributed by atoms with Gasteiger partial charge in [0.15, 0.2) is 5.38 Å². The minimum atomic E-state index is -0.755. The smallest absolute Gasteiger partial charge is 0.328 e. The van der Waals surface area contributed by atoms with Crippen molar-refractivity contribution >= 4 is 33.5 Å². The number of benzene rings is 1. The van der Waals surface area contributed by atoms with Crippen LogP contribution in [0.5, 0.6) is 0 Å².